The van der Waals surface area contributed by atoms with Crippen LogP contribution in [0, 0.1) is 0 Å². The van der Waals surface area contributed by atoms with E-state index in [0.717, 1.165) is 32.3 Å². The maximum Gasteiger partial charge on any atom is 0.453 e. The highest BCUT2D eigenvalue weighted by Crippen LogP contribution is 2.41. The van der Waals surface area contributed by atoms with Gasteiger partial charge >= 0.3 is 14.2 Å². The lowest BCUT2D eigenvalue weighted by atomic mass is 9.99. The molecule has 0 amide bonds. The second-order valence-corrected chi connectivity index (χ2v) is 8.64. The number of benzene rings is 5. The molecule has 5 aromatic carbocycles. The van der Waals surface area contributed by atoms with Gasteiger partial charge in [-0.1, -0.05) is 60.7 Å². The van der Waals surface area contributed by atoms with Crippen molar-refractivity contribution in [2.75, 3.05) is 0 Å². The number of carbonyl (C=O) groups is 1. The van der Waals surface area contributed by atoms with Crippen LogP contribution in [0.25, 0.3) is 43.5 Å². The fourth-order valence-corrected chi connectivity index (χ4v) is 5.16. The molecule has 6 aromatic rings. The molecule has 5 nitrogen and oxygen atoms in total. The van der Waals surface area contributed by atoms with E-state index in [1.165, 1.54) is 12.1 Å². The normalized spacial score (nSPS) is 11.3. The number of carboxylic acids is 1. The van der Waals surface area contributed by atoms with Crippen molar-refractivity contribution in [1.29, 1.82) is 0 Å². The molecule has 0 atom stereocenters. The van der Waals surface area contributed by atoms with Gasteiger partial charge in [-0.05, 0) is 57.9 Å². The van der Waals surface area contributed by atoms with Gasteiger partial charge in [-0.25, -0.2) is 4.79 Å². The lowest BCUT2D eigenvalue weighted by Crippen LogP contribution is -1.94. The first-order valence-corrected chi connectivity index (χ1v) is 11.5. The third kappa shape index (κ3) is 3.39. The average molecular weight is 452 g/mol. The van der Waals surface area contributed by atoms with E-state index in [1.54, 1.807) is 12.1 Å². The zero-order chi connectivity index (χ0) is 22.4. The molecule has 33 heavy (non-hydrogen) atoms. The molecule has 6 heteroatoms. The van der Waals surface area contributed by atoms with Gasteiger partial charge in [0.1, 0.15) is 16.9 Å². The molecule has 0 aliphatic rings. The van der Waals surface area contributed by atoms with E-state index in [9.17, 15) is 4.79 Å². The molecule has 0 saturated heterocycles. The van der Waals surface area contributed by atoms with Gasteiger partial charge in [0, 0.05) is 10.8 Å². The summed E-state index contributed by atoms with van der Waals surface area (Å²) in [6, 6.07) is 30.5. The van der Waals surface area contributed by atoms with Gasteiger partial charge < -0.3 is 18.0 Å². The fraction of sp³-hybridized carbons (Fsp3) is 0. The van der Waals surface area contributed by atoms with Gasteiger partial charge in [-0.2, -0.15) is 0 Å². The van der Waals surface area contributed by atoms with Crippen LogP contribution in [0.5, 0.6) is 5.75 Å². The highest BCUT2D eigenvalue weighted by atomic mass is 31.1. The van der Waals surface area contributed by atoms with E-state index in [0.29, 0.717) is 16.9 Å². The maximum absolute atomic E-state index is 11.2. The smallest absolute Gasteiger partial charge is 0.453 e. The maximum atomic E-state index is 11.2. The molecule has 0 bridgehead atoms. The summed E-state index contributed by atoms with van der Waals surface area (Å²) in [4.78, 5) is 11.2. The Kier molecular flexibility index (Phi) is 4.56. The van der Waals surface area contributed by atoms with Crippen LogP contribution in [0.4, 0.5) is 0 Å². The Hall–Kier alpha value is -4.21. The van der Waals surface area contributed by atoms with Crippen molar-refractivity contribution in [3.8, 4) is 5.75 Å². The Bertz CT molecular complexity index is 1620. The number of fused-ring (bicyclic) bond motifs is 7. The Morgan fingerprint density at radius 2 is 1.18 bits per heavy atom. The molecule has 0 saturated carbocycles. The van der Waals surface area contributed by atoms with Gasteiger partial charge in [0.15, 0.2) is 0 Å². The standard InChI is InChI=1S/C27H17O5P/c28-27(29)19-9-13-20(14-10-19)30-33-31-23-15-11-17-5-1-3-7-21(17)25(23)26-22-8-4-2-6-18(22)12-16-24(26)32-33/h1-16H,(H,28,29). The number of hydrogen-bond acceptors (Lipinski definition) is 4. The molecule has 160 valence electrons. The minimum absolute atomic E-state index is 0.187. The van der Waals surface area contributed by atoms with Gasteiger partial charge in [0.25, 0.3) is 0 Å². The molecule has 0 aliphatic heterocycles. The summed E-state index contributed by atoms with van der Waals surface area (Å²) in [7, 11) is -1.83. The zero-order valence-electron chi connectivity index (χ0n) is 17.3. The molecule has 0 unspecified atom stereocenters. The van der Waals surface area contributed by atoms with Crippen LogP contribution in [-0.2, 0) is 0 Å². The summed E-state index contributed by atoms with van der Waals surface area (Å²) in [6.45, 7) is 0. The third-order valence-electron chi connectivity index (χ3n) is 5.66. The third-order valence-corrected chi connectivity index (χ3v) is 6.71. The van der Waals surface area contributed by atoms with Crippen molar-refractivity contribution < 1.29 is 22.8 Å². The van der Waals surface area contributed by atoms with Crippen LogP contribution >= 0.6 is 8.24 Å². The summed E-state index contributed by atoms with van der Waals surface area (Å²) in [5.74, 6) is -0.520. The van der Waals surface area contributed by atoms with Crippen LogP contribution in [0.3, 0.4) is 0 Å². The Balaban J connectivity index is 1.68. The van der Waals surface area contributed by atoms with Crippen LogP contribution in [0.2, 0.25) is 0 Å². The molecular weight excluding hydrogens is 435 g/mol. The number of carboxylic acid groups (broad SMARTS) is 1. The predicted molar refractivity (Wildman–Crippen MR) is 131 cm³/mol. The van der Waals surface area contributed by atoms with Crippen molar-refractivity contribution in [3.05, 3.63) is 103 Å². The van der Waals surface area contributed by atoms with Gasteiger partial charge in [-0.15, -0.1) is 0 Å². The van der Waals surface area contributed by atoms with Crippen LogP contribution in [-0.4, -0.2) is 11.1 Å². The van der Waals surface area contributed by atoms with Crippen LogP contribution < -0.4 is 4.52 Å². The molecule has 0 radical (unpaired) electrons. The van der Waals surface area contributed by atoms with Crippen LogP contribution in [0.15, 0.2) is 105 Å². The van der Waals surface area contributed by atoms with E-state index in [-0.39, 0.29) is 5.56 Å². The molecule has 1 aromatic heterocycles. The highest BCUT2D eigenvalue weighted by Gasteiger charge is 2.14. The second kappa shape index (κ2) is 7.73. The van der Waals surface area contributed by atoms with Crippen molar-refractivity contribution in [2.45, 2.75) is 0 Å². The van der Waals surface area contributed by atoms with Crippen molar-refractivity contribution in [3.63, 3.8) is 0 Å². The van der Waals surface area contributed by atoms with Gasteiger partial charge in [-0.3, -0.25) is 0 Å². The molecule has 6 rings (SSSR count). The summed E-state index contributed by atoms with van der Waals surface area (Å²) < 4.78 is 18.6. The van der Waals surface area contributed by atoms with Crippen LogP contribution in [0.1, 0.15) is 10.4 Å². The number of aromatic carboxylic acids is 1. The zero-order valence-corrected chi connectivity index (χ0v) is 18.2. The van der Waals surface area contributed by atoms with E-state index >= 15 is 0 Å². The van der Waals surface area contributed by atoms with E-state index in [1.807, 2.05) is 48.5 Å². The minimum Gasteiger partial charge on any atom is -0.478 e. The van der Waals surface area contributed by atoms with E-state index in [4.69, 9.17) is 18.0 Å². The van der Waals surface area contributed by atoms with Gasteiger partial charge in [0.05, 0.1) is 5.56 Å². The van der Waals surface area contributed by atoms with Crippen molar-refractivity contribution in [1.82, 2.24) is 0 Å². The largest absolute Gasteiger partial charge is 0.478 e. The Morgan fingerprint density at radius 1 is 0.667 bits per heavy atom. The minimum atomic E-state index is -1.83. The monoisotopic (exact) mass is 452 g/mol. The topological polar surface area (TPSA) is 72.8 Å². The number of rotatable bonds is 3. The first kappa shape index (κ1) is 19.5. The molecular formula is C27H17O5P. The number of hydrogen-bond donors (Lipinski definition) is 1. The summed E-state index contributed by atoms with van der Waals surface area (Å²) in [6.07, 6.45) is 0. The van der Waals surface area contributed by atoms with Crippen molar-refractivity contribution >= 4 is 57.7 Å². The average Bonchev–Trinajstić information content (AvgIpc) is 3.01. The lowest BCUT2D eigenvalue weighted by molar-refractivity contribution is 0.0697. The van der Waals surface area contributed by atoms with E-state index < -0.39 is 14.2 Å². The first-order valence-electron chi connectivity index (χ1n) is 10.4. The predicted octanol–water partition coefficient (Wildman–Crippen LogP) is 8.14. The summed E-state index contributed by atoms with van der Waals surface area (Å²) in [5.41, 5.74) is 1.54. The lowest BCUT2D eigenvalue weighted by Gasteiger charge is -2.05. The summed E-state index contributed by atoms with van der Waals surface area (Å²) in [5, 5.41) is 15.4. The molecule has 0 spiro atoms. The van der Waals surface area contributed by atoms with Gasteiger partial charge in [0.2, 0.25) is 0 Å². The SMILES string of the molecule is O=C(O)c1ccc(Op2oc3ccc4ccccc4c3c3c(ccc4ccccc43)o2)cc1. The Morgan fingerprint density at radius 3 is 1.70 bits per heavy atom. The molecule has 0 aliphatic carbocycles. The second-order valence-electron chi connectivity index (χ2n) is 7.65. The fourth-order valence-electron chi connectivity index (χ4n) is 4.13. The first-order chi connectivity index (χ1) is 16.2. The Labute approximate surface area is 189 Å². The van der Waals surface area contributed by atoms with Crippen molar-refractivity contribution in [2.24, 2.45) is 0 Å². The quantitative estimate of drug-likeness (QED) is 0.293. The molecule has 0 fully saturated rings. The molecule has 1 N–H and O–H groups in total. The highest BCUT2D eigenvalue weighted by molar-refractivity contribution is 7.32. The van der Waals surface area contributed by atoms with E-state index in [2.05, 4.69) is 24.3 Å². The molecule has 1 heterocycles. The summed E-state index contributed by atoms with van der Waals surface area (Å²) >= 11 is 0.